The van der Waals surface area contributed by atoms with Crippen LogP contribution in [-0.4, -0.2) is 25.0 Å². The smallest absolute Gasteiger partial charge is 0.198 e. The molecule has 3 rings (SSSR count). The minimum atomic E-state index is 0.217. The van der Waals surface area contributed by atoms with Crippen LogP contribution in [0.15, 0.2) is 30.3 Å². The van der Waals surface area contributed by atoms with Crippen molar-refractivity contribution in [1.29, 1.82) is 5.41 Å². The van der Waals surface area contributed by atoms with Gasteiger partial charge in [-0.25, -0.2) is 0 Å². The van der Waals surface area contributed by atoms with Gasteiger partial charge < -0.3 is 9.80 Å². The van der Waals surface area contributed by atoms with E-state index in [4.69, 9.17) is 5.41 Å². The number of benzene rings is 2. The van der Waals surface area contributed by atoms with Gasteiger partial charge in [-0.15, -0.1) is 0 Å². The summed E-state index contributed by atoms with van der Waals surface area (Å²) in [6.07, 6.45) is 0. The Morgan fingerprint density at radius 3 is 2.68 bits per heavy atom. The fraction of sp³-hybridized carbons (Fsp3) is 0.312. The fourth-order valence-corrected chi connectivity index (χ4v) is 2.99. The van der Waals surface area contributed by atoms with Crippen LogP contribution < -0.4 is 4.90 Å². The lowest BCUT2D eigenvalue weighted by Gasteiger charge is -2.29. The Kier molecular flexibility index (Phi) is 2.52. The summed E-state index contributed by atoms with van der Waals surface area (Å²) in [5.41, 5.74) is 3.76. The molecule has 3 nitrogen and oxygen atoms in total. The van der Waals surface area contributed by atoms with Crippen LogP contribution in [0.4, 0.5) is 5.69 Å². The van der Waals surface area contributed by atoms with E-state index in [2.05, 4.69) is 49.1 Å². The Labute approximate surface area is 114 Å². The van der Waals surface area contributed by atoms with Crippen molar-refractivity contribution in [2.45, 2.75) is 19.9 Å². The van der Waals surface area contributed by atoms with E-state index in [0.29, 0.717) is 5.96 Å². The Hall–Kier alpha value is -2.03. The molecule has 1 N–H and O–H groups in total. The molecule has 0 amide bonds. The summed E-state index contributed by atoms with van der Waals surface area (Å²) in [6, 6.07) is 11.0. The molecule has 0 saturated carbocycles. The van der Waals surface area contributed by atoms with Gasteiger partial charge in [-0.2, -0.15) is 0 Å². The zero-order valence-corrected chi connectivity index (χ0v) is 11.9. The Morgan fingerprint density at radius 2 is 2.00 bits per heavy atom. The van der Waals surface area contributed by atoms with Crippen molar-refractivity contribution < 1.29 is 0 Å². The van der Waals surface area contributed by atoms with Crippen LogP contribution in [0.3, 0.4) is 0 Å². The predicted molar refractivity (Wildman–Crippen MR) is 81.0 cm³/mol. The highest BCUT2D eigenvalue weighted by Gasteiger charge is 2.31. The van der Waals surface area contributed by atoms with Gasteiger partial charge in [-0.1, -0.05) is 29.8 Å². The zero-order valence-electron chi connectivity index (χ0n) is 11.9. The van der Waals surface area contributed by atoms with Crippen LogP contribution in [0.1, 0.15) is 24.1 Å². The molecule has 0 radical (unpaired) electrons. The van der Waals surface area contributed by atoms with Crippen molar-refractivity contribution in [2.75, 3.05) is 19.0 Å². The minimum absolute atomic E-state index is 0.217. The van der Waals surface area contributed by atoms with Gasteiger partial charge >= 0.3 is 0 Å². The SMILES string of the molecule is Cc1cc2c3c(cccc3c1)N(C(=N)N(C)C)C2C. The molecule has 1 heterocycles. The largest absolute Gasteiger partial charge is 0.349 e. The third-order valence-electron chi connectivity index (χ3n) is 3.88. The molecule has 1 aliphatic heterocycles. The number of hydrogen-bond donors (Lipinski definition) is 1. The van der Waals surface area contributed by atoms with Gasteiger partial charge in [-0.05, 0) is 30.9 Å². The van der Waals surface area contributed by atoms with Gasteiger partial charge in [0.05, 0.1) is 11.7 Å². The maximum absolute atomic E-state index is 8.32. The fourth-order valence-electron chi connectivity index (χ4n) is 2.99. The molecule has 0 spiro atoms. The van der Waals surface area contributed by atoms with E-state index in [9.17, 15) is 0 Å². The maximum atomic E-state index is 8.32. The number of aryl methyl sites for hydroxylation is 1. The van der Waals surface area contributed by atoms with E-state index < -0.39 is 0 Å². The van der Waals surface area contributed by atoms with Crippen LogP contribution in [0.25, 0.3) is 10.8 Å². The first kappa shape index (κ1) is 12.0. The van der Waals surface area contributed by atoms with Crippen LogP contribution in [0.5, 0.6) is 0 Å². The van der Waals surface area contributed by atoms with Gasteiger partial charge in [0.15, 0.2) is 5.96 Å². The first-order valence-corrected chi connectivity index (χ1v) is 6.59. The van der Waals surface area contributed by atoms with Crippen LogP contribution in [0.2, 0.25) is 0 Å². The van der Waals surface area contributed by atoms with E-state index in [1.165, 1.54) is 21.9 Å². The molecule has 2 aromatic carbocycles. The predicted octanol–water partition coefficient (Wildman–Crippen LogP) is 3.53. The third-order valence-corrected chi connectivity index (χ3v) is 3.88. The van der Waals surface area contributed by atoms with Crippen molar-refractivity contribution in [3.05, 3.63) is 41.5 Å². The lowest BCUT2D eigenvalue weighted by Crippen LogP contribution is -2.39. The molecule has 1 aliphatic rings. The second kappa shape index (κ2) is 3.98. The molecule has 0 fully saturated rings. The molecule has 0 saturated heterocycles. The normalized spacial score (nSPS) is 17.1. The molecular formula is C16H19N3. The Bertz CT molecular complexity index is 673. The first-order valence-electron chi connectivity index (χ1n) is 6.59. The first-order chi connectivity index (χ1) is 9.00. The van der Waals surface area contributed by atoms with Crippen LogP contribution >= 0.6 is 0 Å². The monoisotopic (exact) mass is 253 g/mol. The lowest BCUT2D eigenvalue weighted by molar-refractivity contribution is 0.585. The number of hydrogen-bond acceptors (Lipinski definition) is 1. The summed E-state index contributed by atoms with van der Waals surface area (Å²) in [6.45, 7) is 4.31. The average Bonchev–Trinajstić information content (AvgIpc) is 2.63. The standard InChI is InChI=1S/C16H19N3/c1-10-8-12-6-5-7-14-15(12)13(9-10)11(2)19(14)16(17)18(3)4/h5-9,11,17H,1-4H3. The van der Waals surface area contributed by atoms with E-state index in [-0.39, 0.29) is 6.04 Å². The lowest BCUT2D eigenvalue weighted by atomic mass is 10.00. The summed E-state index contributed by atoms with van der Waals surface area (Å²) >= 11 is 0. The molecule has 0 bridgehead atoms. The summed E-state index contributed by atoms with van der Waals surface area (Å²) in [7, 11) is 3.84. The molecule has 1 unspecified atom stereocenters. The Balaban J connectivity index is 2.28. The highest BCUT2D eigenvalue weighted by atomic mass is 15.4. The van der Waals surface area contributed by atoms with E-state index in [1.54, 1.807) is 0 Å². The summed E-state index contributed by atoms with van der Waals surface area (Å²) < 4.78 is 0. The summed E-state index contributed by atoms with van der Waals surface area (Å²) in [5.74, 6) is 0.536. The van der Waals surface area contributed by atoms with Gasteiger partial charge in [0.25, 0.3) is 0 Å². The van der Waals surface area contributed by atoms with Gasteiger partial charge in [-0.3, -0.25) is 5.41 Å². The molecule has 0 aromatic heterocycles. The second-order valence-corrected chi connectivity index (χ2v) is 5.49. The van der Waals surface area contributed by atoms with Crippen molar-refractivity contribution in [3.8, 4) is 0 Å². The van der Waals surface area contributed by atoms with Crippen molar-refractivity contribution >= 4 is 22.4 Å². The van der Waals surface area contributed by atoms with E-state index in [0.717, 1.165) is 5.69 Å². The van der Waals surface area contributed by atoms with E-state index >= 15 is 0 Å². The van der Waals surface area contributed by atoms with Gasteiger partial charge in [0.2, 0.25) is 0 Å². The number of guanidine groups is 1. The number of anilines is 1. The average molecular weight is 253 g/mol. The zero-order chi connectivity index (χ0) is 13.7. The molecule has 2 aromatic rings. The minimum Gasteiger partial charge on any atom is -0.349 e. The summed E-state index contributed by atoms with van der Waals surface area (Å²) in [4.78, 5) is 3.96. The van der Waals surface area contributed by atoms with Crippen LogP contribution in [-0.2, 0) is 0 Å². The van der Waals surface area contributed by atoms with Gasteiger partial charge in [0.1, 0.15) is 0 Å². The molecule has 1 atom stereocenters. The van der Waals surface area contributed by atoms with Crippen LogP contribution in [0, 0.1) is 12.3 Å². The number of nitrogens with zero attached hydrogens (tertiary/aromatic N) is 2. The quantitative estimate of drug-likeness (QED) is 0.575. The molecule has 3 heteroatoms. The van der Waals surface area contributed by atoms with Crippen molar-refractivity contribution in [1.82, 2.24) is 4.90 Å². The molecule has 19 heavy (non-hydrogen) atoms. The van der Waals surface area contributed by atoms with Gasteiger partial charge in [0, 0.05) is 19.5 Å². The molecule has 0 aliphatic carbocycles. The summed E-state index contributed by atoms with van der Waals surface area (Å²) in [5, 5.41) is 10.9. The van der Waals surface area contributed by atoms with Crippen molar-refractivity contribution in [2.24, 2.45) is 0 Å². The molecular weight excluding hydrogens is 234 g/mol. The second-order valence-electron chi connectivity index (χ2n) is 5.49. The number of rotatable bonds is 0. The molecule has 98 valence electrons. The van der Waals surface area contributed by atoms with E-state index in [1.807, 2.05) is 19.0 Å². The topological polar surface area (TPSA) is 30.3 Å². The van der Waals surface area contributed by atoms with Crippen molar-refractivity contribution in [3.63, 3.8) is 0 Å². The third kappa shape index (κ3) is 1.61. The highest BCUT2D eigenvalue weighted by Crippen LogP contribution is 2.44. The number of nitrogens with one attached hydrogen (secondary N) is 1. The maximum Gasteiger partial charge on any atom is 0.198 e. The Morgan fingerprint density at radius 1 is 1.26 bits per heavy atom. The highest BCUT2D eigenvalue weighted by molar-refractivity contribution is 6.09.